The lowest BCUT2D eigenvalue weighted by Gasteiger charge is -2.15. The van der Waals surface area contributed by atoms with Gasteiger partial charge in [-0.05, 0) is 6.92 Å². The van der Waals surface area contributed by atoms with Gasteiger partial charge in [-0.1, -0.05) is 5.21 Å². The van der Waals surface area contributed by atoms with Gasteiger partial charge in [0.25, 0.3) is 5.56 Å². The van der Waals surface area contributed by atoms with Gasteiger partial charge in [0.2, 0.25) is 0 Å². The van der Waals surface area contributed by atoms with Gasteiger partial charge in [-0.2, -0.15) is 0 Å². The molecule has 2 aromatic rings. The van der Waals surface area contributed by atoms with E-state index in [1.165, 1.54) is 15.4 Å². The summed E-state index contributed by atoms with van der Waals surface area (Å²) in [6.45, 7) is 1.25. The van der Waals surface area contributed by atoms with Crippen molar-refractivity contribution >= 4 is 5.97 Å². The van der Waals surface area contributed by atoms with E-state index in [-0.39, 0.29) is 13.0 Å². The van der Waals surface area contributed by atoms with Crippen LogP contribution in [-0.4, -0.2) is 59.5 Å². The van der Waals surface area contributed by atoms with Crippen LogP contribution in [0.15, 0.2) is 22.0 Å². The smallest absolute Gasteiger partial charge is 0.330 e. The Morgan fingerprint density at radius 3 is 2.89 bits per heavy atom. The van der Waals surface area contributed by atoms with Crippen LogP contribution in [0.25, 0.3) is 0 Å². The van der Waals surface area contributed by atoms with Crippen LogP contribution in [-0.2, 0) is 16.0 Å². The molecule has 146 valence electrons. The van der Waals surface area contributed by atoms with Gasteiger partial charge in [0, 0.05) is 30.8 Å². The Kier molecular flexibility index (Phi) is 5.21. The fourth-order valence-electron chi connectivity index (χ4n) is 3.01. The van der Waals surface area contributed by atoms with Crippen LogP contribution >= 0.6 is 0 Å². The Balaban J connectivity index is 1.82. The number of aliphatic hydroxyl groups excluding tert-OH is 1. The fourth-order valence-corrected chi connectivity index (χ4v) is 3.01. The van der Waals surface area contributed by atoms with Gasteiger partial charge in [-0.15, -0.1) is 5.10 Å². The number of carboxylic acids is 1. The lowest BCUT2D eigenvalue weighted by Crippen LogP contribution is -2.33. The number of hydrogen-bond donors (Lipinski definition) is 4. The first kappa shape index (κ1) is 18.9. The van der Waals surface area contributed by atoms with Crippen LogP contribution in [0.1, 0.15) is 29.9 Å². The molecule has 0 aliphatic carbocycles. The number of aliphatic carboxylic acids is 1. The third-order valence-electron chi connectivity index (χ3n) is 4.48. The minimum Gasteiger partial charge on any atom is -0.480 e. The summed E-state index contributed by atoms with van der Waals surface area (Å²) in [6, 6.07) is -1.53. The highest BCUT2D eigenvalue weighted by Crippen LogP contribution is 2.35. The monoisotopic (exact) mass is 380 g/mol. The third kappa shape index (κ3) is 3.82. The Morgan fingerprint density at radius 2 is 2.22 bits per heavy atom. The number of H-pyrrole nitrogens is 1. The highest BCUT2D eigenvalue weighted by atomic mass is 16.5. The molecule has 12 nitrogen and oxygen atoms in total. The highest BCUT2D eigenvalue weighted by molar-refractivity contribution is 5.73. The number of aromatic nitrogens is 5. The molecule has 1 unspecified atom stereocenters. The molecular weight excluding hydrogens is 360 g/mol. The van der Waals surface area contributed by atoms with E-state index in [0.717, 1.165) is 0 Å². The summed E-state index contributed by atoms with van der Waals surface area (Å²) in [5, 5.41) is 26.4. The molecule has 3 heterocycles. The van der Waals surface area contributed by atoms with E-state index in [0.29, 0.717) is 17.7 Å². The van der Waals surface area contributed by atoms with Gasteiger partial charge in [0.05, 0.1) is 18.3 Å². The second-order valence-electron chi connectivity index (χ2n) is 6.43. The van der Waals surface area contributed by atoms with E-state index in [1.807, 2.05) is 0 Å². The van der Waals surface area contributed by atoms with Gasteiger partial charge in [-0.25, -0.2) is 9.48 Å². The van der Waals surface area contributed by atoms with Crippen molar-refractivity contribution in [3.05, 3.63) is 44.5 Å². The number of nitrogens with zero attached hydrogens (tertiary/aromatic N) is 4. The van der Waals surface area contributed by atoms with Crippen molar-refractivity contribution < 1.29 is 19.7 Å². The number of rotatable bonds is 6. The van der Waals surface area contributed by atoms with Gasteiger partial charge in [0.15, 0.2) is 0 Å². The Morgan fingerprint density at radius 1 is 1.48 bits per heavy atom. The lowest BCUT2D eigenvalue weighted by atomic mass is 10.1. The summed E-state index contributed by atoms with van der Waals surface area (Å²) in [5.41, 5.74) is 5.16. The minimum atomic E-state index is -1.14. The zero-order valence-corrected chi connectivity index (χ0v) is 14.5. The molecule has 3 rings (SSSR count). The maximum Gasteiger partial charge on any atom is 0.330 e. The first-order valence-electron chi connectivity index (χ1n) is 8.27. The topological polar surface area (TPSA) is 178 Å². The largest absolute Gasteiger partial charge is 0.480 e. The molecule has 4 atom stereocenters. The number of hydrogen-bond acceptors (Lipinski definition) is 8. The third-order valence-corrected chi connectivity index (χ3v) is 4.48. The Labute approximate surface area is 152 Å². The molecular formula is C15H20N6O6. The van der Waals surface area contributed by atoms with Gasteiger partial charge in [0.1, 0.15) is 18.4 Å². The first-order chi connectivity index (χ1) is 12.8. The highest BCUT2D eigenvalue weighted by Gasteiger charge is 2.38. The van der Waals surface area contributed by atoms with Crippen LogP contribution < -0.4 is 17.0 Å². The molecule has 5 N–H and O–H groups in total. The van der Waals surface area contributed by atoms with Gasteiger partial charge < -0.3 is 20.7 Å². The normalized spacial score (nSPS) is 23.4. The second kappa shape index (κ2) is 7.42. The quantitative estimate of drug-likeness (QED) is 0.437. The van der Waals surface area contributed by atoms with Crippen LogP contribution in [0.2, 0.25) is 0 Å². The number of aromatic amines is 1. The predicted octanol–water partition coefficient (Wildman–Crippen LogP) is -2.09. The molecule has 1 aliphatic heterocycles. The first-order valence-corrected chi connectivity index (χ1v) is 8.27. The summed E-state index contributed by atoms with van der Waals surface area (Å²) < 4.78 is 8.48. The number of aliphatic hydroxyl groups is 1. The van der Waals surface area contributed by atoms with Gasteiger partial charge in [-0.3, -0.25) is 19.1 Å². The molecule has 1 fully saturated rings. The minimum absolute atomic E-state index is 0.00864. The van der Waals surface area contributed by atoms with Crippen molar-refractivity contribution in [2.75, 3.05) is 6.61 Å². The molecule has 1 aliphatic rings. The average Bonchev–Trinajstić information content (AvgIpc) is 3.24. The van der Waals surface area contributed by atoms with E-state index in [9.17, 15) is 19.5 Å². The maximum atomic E-state index is 12.1. The zero-order chi connectivity index (χ0) is 19.7. The van der Waals surface area contributed by atoms with Crippen molar-refractivity contribution in [3.8, 4) is 0 Å². The van der Waals surface area contributed by atoms with Crippen molar-refractivity contribution in [1.82, 2.24) is 24.5 Å². The van der Waals surface area contributed by atoms with Crippen LogP contribution in [0, 0.1) is 6.92 Å². The van der Waals surface area contributed by atoms with Crippen molar-refractivity contribution in [3.63, 3.8) is 0 Å². The molecule has 2 aromatic heterocycles. The number of nitrogens with two attached hydrogens (primary N) is 1. The zero-order valence-electron chi connectivity index (χ0n) is 14.5. The maximum absolute atomic E-state index is 12.1. The average molecular weight is 380 g/mol. The Bertz CT molecular complexity index is 949. The van der Waals surface area contributed by atoms with Crippen LogP contribution in [0.4, 0.5) is 0 Å². The summed E-state index contributed by atoms with van der Waals surface area (Å²) in [4.78, 5) is 36.7. The molecule has 0 spiro atoms. The van der Waals surface area contributed by atoms with E-state index in [4.69, 9.17) is 15.6 Å². The van der Waals surface area contributed by atoms with E-state index in [2.05, 4.69) is 15.3 Å². The summed E-state index contributed by atoms with van der Waals surface area (Å²) >= 11 is 0. The number of aryl methyl sites for hydroxylation is 1. The van der Waals surface area contributed by atoms with Crippen molar-refractivity contribution in [2.24, 2.45) is 5.73 Å². The summed E-state index contributed by atoms with van der Waals surface area (Å²) in [5.74, 6) is -1.14. The number of carboxylic acid groups (broad SMARTS) is 1. The molecule has 0 bridgehead atoms. The summed E-state index contributed by atoms with van der Waals surface area (Å²) in [6.07, 6.45) is 1.89. The standard InChI is InChI=1S/C15H20N6O6/c1-7-4-20(15(26)17-13(7)23)12-3-10(11(6-22)27-12)21-5-8(18-19-21)2-9(16)14(24)25/h4-5,9-12,22H,2-3,6,16H2,1H3,(H,24,25)(H,17,23,26)/t9-,10?,11+,12+/m0/s1. The molecule has 0 amide bonds. The lowest BCUT2D eigenvalue weighted by molar-refractivity contribution is -0.138. The fraction of sp³-hybridized carbons (Fsp3) is 0.533. The number of nitrogens with one attached hydrogen (secondary N) is 1. The molecule has 12 heteroatoms. The number of carbonyl (C=O) groups is 1. The van der Waals surface area contributed by atoms with Gasteiger partial charge >= 0.3 is 11.7 Å². The number of ether oxygens (including phenoxy) is 1. The van der Waals surface area contributed by atoms with E-state index in [1.54, 1.807) is 13.1 Å². The Hall–Kier alpha value is -2.83. The summed E-state index contributed by atoms with van der Waals surface area (Å²) in [7, 11) is 0. The van der Waals surface area contributed by atoms with Crippen LogP contribution in [0.5, 0.6) is 0 Å². The molecule has 0 saturated carbocycles. The molecule has 1 saturated heterocycles. The molecule has 0 radical (unpaired) electrons. The molecule has 0 aromatic carbocycles. The van der Waals surface area contributed by atoms with Crippen molar-refractivity contribution in [1.29, 1.82) is 0 Å². The van der Waals surface area contributed by atoms with E-state index < -0.39 is 41.6 Å². The SMILES string of the molecule is Cc1cn([C@H]2CC(n3cc(C[C@H](N)C(=O)O)nn3)[C@@H](CO)O2)c(=O)[nH]c1=O. The van der Waals surface area contributed by atoms with Crippen LogP contribution in [0.3, 0.4) is 0 Å². The predicted molar refractivity (Wildman–Crippen MR) is 90.0 cm³/mol. The second-order valence-corrected chi connectivity index (χ2v) is 6.43. The molecule has 27 heavy (non-hydrogen) atoms. The van der Waals surface area contributed by atoms with E-state index >= 15 is 0 Å². The van der Waals surface area contributed by atoms with Crippen molar-refractivity contribution in [2.45, 2.75) is 44.2 Å².